The summed E-state index contributed by atoms with van der Waals surface area (Å²) >= 11 is 1.86. The molecule has 0 aliphatic carbocycles. The normalized spacial score (nSPS) is 14.6. The number of esters is 1. The third kappa shape index (κ3) is 3.57. The zero-order chi connectivity index (χ0) is 15.4. The molecule has 0 spiro atoms. The fourth-order valence-electron chi connectivity index (χ4n) is 2.93. The minimum atomic E-state index is -0.145. The summed E-state index contributed by atoms with van der Waals surface area (Å²) in [7, 11) is 0. The average molecular weight is 315 g/mol. The van der Waals surface area contributed by atoms with Gasteiger partial charge in [-0.15, -0.1) is 11.3 Å². The smallest absolute Gasteiger partial charge is 0.310 e. The van der Waals surface area contributed by atoms with Gasteiger partial charge in [0.2, 0.25) is 0 Å². The van der Waals surface area contributed by atoms with Crippen LogP contribution in [0.3, 0.4) is 0 Å². The lowest BCUT2D eigenvalue weighted by atomic mass is 10.0. The minimum absolute atomic E-state index is 0.145. The van der Waals surface area contributed by atoms with E-state index in [4.69, 9.17) is 4.74 Å². The van der Waals surface area contributed by atoms with E-state index in [1.807, 2.05) is 36.5 Å². The zero-order valence-electron chi connectivity index (χ0n) is 12.9. The van der Waals surface area contributed by atoms with Gasteiger partial charge < -0.3 is 4.74 Å². The molecular weight excluding hydrogens is 294 g/mol. The second kappa shape index (κ2) is 7.07. The van der Waals surface area contributed by atoms with Crippen LogP contribution in [0.2, 0.25) is 0 Å². The fourth-order valence-corrected chi connectivity index (χ4v) is 3.82. The van der Waals surface area contributed by atoms with Crippen molar-refractivity contribution in [2.45, 2.75) is 32.9 Å². The Kier molecular flexibility index (Phi) is 4.90. The van der Waals surface area contributed by atoms with Crippen LogP contribution < -0.4 is 0 Å². The topological polar surface area (TPSA) is 29.5 Å². The van der Waals surface area contributed by atoms with E-state index in [0.29, 0.717) is 13.0 Å². The Morgan fingerprint density at radius 1 is 1.27 bits per heavy atom. The molecule has 0 fully saturated rings. The molecule has 0 atom stereocenters. The van der Waals surface area contributed by atoms with Crippen molar-refractivity contribution in [3.63, 3.8) is 0 Å². The first-order valence-electron chi connectivity index (χ1n) is 7.76. The number of thiophene rings is 1. The minimum Gasteiger partial charge on any atom is -0.466 e. The largest absolute Gasteiger partial charge is 0.466 e. The molecule has 0 saturated heterocycles. The van der Waals surface area contributed by atoms with Crippen molar-refractivity contribution < 1.29 is 9.53 Å². The number of fused-ring (bicyclic) bond motifs is 1. The molecule has 0 amide bonds. The highest BCUT2D eigenvalue weighted by atomic mass is 32.1. The molecule has 116 valence electrons. The third-order valence-corrected chi connectivity index (χ3v) is 5.06. The van der Waals surface area contributed by atoms with Crippen LogP contribution in [0.5, 0.6) is 0 Å². The van der Waals surface area contributed by atoms with Gasteiger partial charge in [0.05, 0.1) is 13.0 Å². The Balaban J connectivity index is 1.69. The maximum Gasteiger partial charge on any atom is 0.310 e. The van der Waals surface area contributed by atoms with Gasteiger partial charge in [-0.25, -0.2) is 0 Å². The number of benzene rings is 1. The molecule has 0 radical (unpaired) electrons. The third-order valence-electron chi connectivity index (χ3n) is 4.04. The molecule has 2 aromatic rings. The number of hydrogen-bond acceptors (Lipinski definition) is 4. The molecule has 0 unspecified atom stereocenters. The fraction of sp³-hybridized carbons (Fsp3) is 0.389. The van der Waals surface area contributed by atoms with Crippen LogP contribution >= 0.6 is 11.3 Å². The van der Waals surface area contributed by atoms with Crippen molar-refractivity contribution in [3.05, 3.63) is 57.3 Å². The summed E-state index contributed by atoms with van der Waals surface area (Å²) < 4.78 is 5.08. The lowest BCUT2D eigenvalue weighted by Gasteiger charge is -2.27. The van der Waals surface area contributed by atoms with E-state index in [1.165, 1.54) is 16.0 Å². The molecule has 1 aliphatic heterocycles. The van der Waals surface area contributed by atoms with Crippen LogP contribution in [0, 0.1) is 0 Å². The van der Waals surface area contributed by atoms with E-state index < -0.39 is 0 Å². The van der Waals surface area contributed by atoms with Crippen LogP contribution in [0.25, 0.3) is 0 Å². The van der Waals surface area contributed by atoms with Crippen molar-refractivity contribution in [1.82, 2.24) is 4.90 Å². The van der Waals surface area contributed by atoms with Gasteiger partial charge in [-0.2, -0.15) is 0 Å². The van der Waals surface area contributed by atoms with Crippen LogP contribution in [0.1, 0.15) is 28.5 Å². The Morgan fingerprint density at radius 3 is 2.91 bits per heavy atom. The Labute approximate surface area is 135 Å². The van der Waals surface area contributed by atoms with E-state index in [2.05, 4.69) is 22.4 Å². The Hall–Kier alpha value is -1.65. The summed E-state index contributed by atoms with van der Waals surface area (Å²) in [6, 6.07) is 10.4. The number of hydrogen-bond donors (Lipinski definition) is 0. The first-order chi connectivity index (χ1) is 10.8. The van der Waals surface area contributed by atoms with Crippen molar-refractivity contribution in [1.29, 1.82) is 0 Å². The van der Waals surface area contributed by atoms with E-state index in [0.717, 1.165) is 31.6 Å². The van der Waals surface area contributed by atoms with Crippen molar-refractivity contribution in [3.8, 4) is 0 Å². The van der Waals surface area contributed by atoms with Gasteiger partial charge in [0.15, 0.2) is 0 Å². The molecule has 1 aromatic carbocycles. The molecule has 0 N–H and O–H groups in total. The highest BCUT2D eigenvalue weighted by molar-refractivity contribution is 7.10. The SMILES string of the molecule is CCOC(=O)Cc1ccccc1CN1CCc2sccc2C1. The quantitative estimate of drug-likeness (QED) is 0.792. The molecule has 3 rings (SSSR count). The molecule has 3 nitrogen and oxygen atoms in total. The van der Waals surface area contributed by atoms with E-state index in [1.54, 1.807) is 0 Å². The molecule has 1 aromatic heterocycles. The van der Waals surface area contributed by atoms with E-state index in [-0.39, 0.29) is 5.97 Å². The highest BCUT2D eigenvalue weighted by Crippen LogP contribution is 2.25. The van der Waals surface area contributed by atoms with Gasteiger partial charge in [-0.1, -0.05) is 24.3 Å². The number of carbonyl (C=O) groups excluding carboxylic acids is 1. The number of ether oxygens (including phenoxy) is 1. The highest BCUT2D eigenvalue weighted by Gasteiger charge is 2.18. The molecular formula is C18H21NO2S. The van der Waals surface area contributed by atoms with Crippen LogP contribution in [0.15, 0.2) is 35.7 Å². The number of nitrogens with zero attached hydrogens (tertiary/aromatic N) is 1. The lowest BCUT2D eigenvalue weighted by molar-refractivity contribution is -0.142. The van der Waals surface area contributed by atoms with Crippen molar-refractivity contribution in [2.75, 3.05) is 13.2 Å². The Bertz CT molecular complexity index is 650. The van der Waals surface area contributed by atoms with Gasteiger partial charge in [-0.3, -0.25) is 9.69 Å². The second-order valence-corrected chi connectivity index (χ2v) is 6.58. The van der Waals surface area contributed by atoms with Gasteiger partial charge in [0.1, 0.15) is 0 Å². The van der Waals surface area contributed by atoms with Gasteiger partial charge in [0.25, 0.3) is 0 Å². The van der Waals surface area contributed by atoms with Crippen LogP contribution in [0.4, 0.5) is 0 Å². The van der Waals surface area contributed by atoms with Crippen molar-refractivity contribution >= 4 is 17.3 Å². The molecule has 0 saturated carbocycles. The number of rotatable bonds is 5. The molecule has 4 heteroatoms. The summed E-state index contributed by atoms with van der Waals surface area (Å²) in [4.78, 5) is 15.7. The van der Waals surface area contributed by atoms with Crippen LogP contribution in [-0.4, -0.2) is 24.0 Å². The zero-order valence-corrected chi connectivity index (χ0v) is 13.7. The van der Waals surface area contributed by atoms with E-state index in [9.17, 15) is 4.79 Å². The van der Waals surface area contributed by atoms with E-state index >= 15 is 0 Å². The van der Waals surface area contributed by atoms with Gasteiger partial charge >= 0.3 is 5.97 Å². The maximum absolute atomic E-state index is 11.8. The summed E-state index contributed by atoms with van der Waals surface area (Å²) in [6.07, 6.45) is 1.49. The van der Waals surface area contributed by atoms with Gasteiger partial charge in [0, 0.05) is 24.5 Å². The predicted octanol–water partition coefficient (Wildman–Crippen LogP) is 3.41. The second-order valence-electron chi connectivity index (χ2n) is 5.58. The summed E-state index contributed by atoms with van der Waals surface area (Å²) in [5.41, 5.74) is 3.77. The standard InChI is InChI=1S/C18H21NO2S/c1-2-21-18(20)11-14-5-3-4-6-15(14)12-19-9-7-17-16(13-19)8-10-22-17/h3-6,8,10H,2,7,9,11-13H2,1H3. The maximum atomic E-state index is 11.8. The predicted molar refractivity (Wildman–Crippen MR) is 88.9 cm³/mol. The lowest BCUT2D eigenvalue weighted by Crippen LogP contribution is -2.29. The average Bonchev–Trinajstić information content (AvgIpc) is 2.97. The molecule has 1 aliphatic rings. The molecule has 22 heavy (non-hydrogen) atoms. The van der Waals surface area contributed by atoms with Crippen molar-refractivity contribution in [2.24, 2.45) is 0 Å². The molecule has 2 heterocycles. The summed E-state index contributed by atoms with van der Waals surface area (Å²) in [5, 5.41) is 2.18. The summed E-state index contributed by atoms with van der Waals surface area (Å²) in [5.74, 6) is -0.145. The number of carbonyl (C=O) groups is 1. The Morgan fingerprint density at radius 2 is 2.09 bits per heavy atom. The first-order valence-corrected chi connectivity index (χ1v) is 8.64. The molecule has 0 bridgehead atoms. The van der Waals surface area contributed by atoms with Gasteiger partial charge in [-0.05, 0) is 41.5 Å². The monoisotopic (exact) mass is 315 g/mol. The summed E-state index contributed by atoms with van der Waals surface area (Å²) in [6.45, 7) is 5.27. The van der Waals surface area contributed by atoms with Crippen LogP contribution in [-0.2, 0) is 35.5 Å². The first kappa shape index (κ1) is 15.3.